The predicted octanol–water partition coefficient (Wildman–Crippen LogP) is 3.59. The fourth-order valence-corrected chi connectivity index (χ4v) is 2.63. The second-order valence-electron chi connectivity index (χ2n) is 5.45. The maximum absolute atomic E-state index is 6.40. The van der Waals surface area contributed by atoms with Crippen LogP contribution in [-0.4, -0.2) is 14.8 Å². The molecule has 3 N–H and O–H groups in total. The molecule has 1 unspecified atom stereocenters. The lowest BCUT2D eigenvalue weighted by Gasteiger charge is -2.14. The van der Waals surface area contributed by atoms with Gasteiger partial charge in [-0.1, -0.05) is 47.5 Å². The molecule has 0 aliphatic rings. The number of nitrogens with two attached hydrogens (primary N) is 1. The van der Waals surface area contributed by atoms with Gasteiger partial charge in [0.25, 0.3) is 0 Å². The van der Waals surface area contributed by atoms with Crippen molar-refractivity contribution in [3.63, 3.8) is 0 Å². The summed E-state index contributed by atoms with van der Waals surface area (Å²) in [4.78, 5) is 0. The molecule has 0 spiro atoms. The summed E-state index contributed by atoms with van der Waals surface area (Å²) in [6, 6.07) is 15.9. The fourth-order valence-electron chi connectivity index (χ4n) is 2.38. The highest BCUT2D eigenvalue weighted by Gasteiger charge is 2.17. The number of hydrogen-bond donors (Lipinski definition) is 2. The van der Waals surface area contributed by atoms with Gasteiger partial charge in [0.2, 0.25) is 0 Å². The summed E-state index contributed by atoms with van der Waals surface area (Å²) in [5.74, 6) is 0.706. The lowest BCUT2D eigenvalue weighted by Crippen LogP contribution is -2.17. The molecule has 0 bridgehead atoms. The zero-order valence-electron chi connectivity index (χ0n) is 12.6. The number of aromatic nitrogens is 3. The van der Waals surface area contributed by atoms with E-state index >= 15 is 0 Å². The van der Waals surface area contributed by atoms with Crippen molar-refractivity contribution in [2.45, 2.75) is 19.9 Å². The van der Waals surface area contributed by atoms with Crippen LogP contribution in [0.15, 0.2) is 48.5 Å². The molecule has 0 amide bonds. The van der Waals surface area contributed by atoms with Gasteiger partial charge >= 0.3 is 0 Å². The summed E-state index contributed by atoms with van der Waals surface area (Å²) < 4.78 is 2.43. The number of hydrogen-bond acceptors (Lipinski definition) is 3. The Labute approximate surface area is 134 Å². The van der Waals surface area contributed by atoms with Crippen LogP contribution in [-0.2, 0) is 0 Å². The van der Waals surface area contributed by atoms with Crippen molar-refractivity contribution < 1.29 is 0 Å². The van der Waals surface area contributed by atoms with Crippen LogP contribution in [0.4, 0.5) is 0 Å². The third-order valence-electron chi connectivity index (χ3n) is 3.71. The highest BCUT2D eigenvalue weighted by atomic mass is 32.1. The molecular weight excluding hydrogens is 292 g/mol. The van der Waals surface area contributed by atoms with Crippen LogP contribution >= 0.6 is 12.2 Å². The summed E-state index contributed by atoms with van der Waals surface area (Å²) >= 11 is 5.37. The highest BCUT2D eigenvalue weighted by molar-refractivity contribution is 7.71. The van der Waals surface area contributed by atoms with Crippen molar-refractivity contribution in [3.8, 4) is 5.69 Å². The van der Waals surface area contributed by atoms with Gasteiger partial charge in [-0.15, -0.1) is 0 Å². The van der Waals surface area contributed by atoms with Crippen LogP contribution in [0.5, 0.6) is 0 Å². The van der Waals surface area contributed by atoms with Crippen LogP contribution in [0.1, 0.15) is 28.6 Å². The maximum Gasteiger partial charge on any atom is 0.199 e. The van der Waals surface area contributed by atoms with E-state index in [1.807, 2.05) is 53.1 Å². The quantitative estimate of drug-likeness (QED) is 0.727. The van der Waals surface area contributed by atoms with Gasteiger partial charge in [0.1, 0.15) is 0 Å². The smallest absolute Gasteiger partial charge is 0.199 e. The van der Waals surface area contributed by atoms with Crippen LogP contribution in [0, 0.1) is 18.6 Å². The number of rotatable bonds is 3. The SMILES string of the molecule is Cc1ccc(C(N)c2n[nH]c(=S)n2-c2ccc(C)cc2)cc1. The van der Waals surface area contributed by atoms with Crippen LogP contribution < -0.4 is 5.73 Å². The molecular formula is C17H18N4S. The van der Waals surface area contributed by atoms with E-state index in [-0.39, 0.29) is 6.04 Å². The van der Waals surface area contributed by atoms with E-state index < -0.39 is 0 Å². The molecule has 4 nitrogen and oxygen atoms in total. The van der Waals surface area contributed by atoms with E-state index in [4.69, 9.17) is 18.0 Å². The molecule has 1 atom stereocenters. The molecule has 0 aliphatic heterocycles. The Morgan fingerprint density at radius 3 is 2.14 bits per heavy atom. The summed E-state index contributed by atoms with van der Waals surface area (Å²) in [5.41, 5.74) is 10.8. The van der Waals surface area contributed by atoms with Crippen LogP contribution in [0.2, 0.25) is 0 Å². The number of aryl methyl sites for hydroxylation is 2. The van der Waals surface area contributed by atoms with E-state index in [0.717, 1.165) is 11.3 Å². The number of nitrogens with one attached hydrogen (secondary N) is 1. The van der Waals surface area contributed by atoms with Gasteiger partial charge in [-0.3, -0.25) is 9.67 Å². The first-order valence-electron chi connectivity index (χ1n) is 7.13. The second kappa shape index (κ2) is 5.87. The number of aromatic amines is 1. The Balaban J connectivity index is 2.07. The van der Waals surface area contributed by atoms with Gasteiger partial charge in [-0.2, -0.15) is 5.10 Å². The van der Waals surface area contributed by atoms with Crippen molar-refractivity contribution >= 4 is 12.2 Å². The lowest BCUT2D eigenvalue weighted by molar-refractivity contribution is 0.750. The molecule has 112 valence electrons. The molecule has 3 aromatic rings. The molecule has 5 heteroatoms. The Bertz CT molecular complexity index is 828. The van der Waals surface area contributed by atoms with Crippen molar-refractivity contribution in [1.82, 2.24) is 14.8 Å². The van der Waals surface area contributed by atoms with Crippen molar-refractivity contribution in [3.05, 3.63) is 75.8 Å². The van der Waals surface area contributed by atoms with E-state index in [0.29, 0.717) is 10.6 Å². The van der Waals surface area contributed by atoms with Gasteiger partial charge < -0.3 is 5.73 Å². The van der Waals surface area contributed by atoms with Crippen molar-refractivity contribution in [1.29, 1.82) is 0 Å². The molecule has 1 aromatic heterocycles. The molecule has 0 fully saturated rings. The normalized spacial score (nSPS) is 12.3. The van der Waals surface area contributed by atoms with E-state index in [1.165, 1.54) is 11.1 Å². The van der Waals surface area contributed by atoms with Crippen molar-refractivity contribution in [2.75, 3.05) is 0 Å². The summed E-state index contributed by atoms with van der Waals surface area (Å²) in [5, 5.41) is 7.18. The van der Waals surface area contributed by atoms with Gasteiger partial charge in [0.15, 0.2) is 10.6 Å². The van der Waals surface area contributed by atoms with Gasteiger partial charge in [-0.05, 0) is 43.8 Å². The summed E-state index contributed by atoms with van der Waals surface area (Å²) in [6.07, 6.45) is 0. The number of H-pyrrole nitrogens is 1. The molecule has 3 rings (SSSR count). The number of nitrogens with zero attached hydrogens (tertiary/aromatic N) is 2. The second-order valence-corrected chi connectivity index (χ2v) is 5.83. The average Bonchev–Trinajstić information content (AvgIpc) is 2.90. The minimum absolute atomic E-state index is 0.338. The van der Waals surface area contributed by atoms with Gasteiger partial charge in [0, 0.05) is 5.69 Å². The first kappa shape index (κ1) is 14.7. The van der Waals surface area contributed by atoms with Crippen LogP contribution in [0.3, 0.4) is 0 Å². The van der Waals surface area contributed by atoms with Crippen LogP contribution in [0.25, 0.3) is 5.69 Å². The van der Waals surface area contributed by atoms with E-state index in [1.54, 1.807) is 0 Å². The van der Waals surface area contributed by atoms with E-state index in [9.17, 15) is 0 Å². The van der Waals surface area contributed by atoms with Gasteiger partial charge in [-0.25, -0.2) is 0 Å². The standard InChI is InChI=1S/C17H18N4S/c1-11-3-7-13(8-4-11)15(18)16-19-20-17(22)21(16)14-9-5-12(2)6-10-14/h3-10,15H,18H2,1-2H3,(H,20,22). The fraction of sp³-hybridized carbons (Fsp3) is 0.176. The molecule has 22 heavy (non-hydrogen) atoms. The topological polar surface area (TPSA) is 59.6 Å². The molecule has 0 radical (unpaired) electrons. The largest absolute Gasteiger partial charge is 0.318 e. The Morgan fingerprint density at radius 2 is 1.55 bits per heavy atom. The monoisotopic (exact) mass is 310 g/mol. The Kier molecular flexibility index (Phi) is 3.92. The highest BCUT2D eigenvalue weighted by Crippen LogP contribution is 2.21. The average molecular weight is 310 g/mol. The third-order valence-corrected chi connectivity index (χ3v) is 3.98. The molecule has 2 aromatic carbocycles. The molecule has 0 saturated carbocycles. The van der Waals surface area contributed by atoms with E-state index in [2.05, 4.69) is 24.0 Å². The lowest BCUT2D eigenvalue weighted by atomic mass is 10.1. The Hall–Kier alpha value is -2.24. The van der Waals surface area contributed by atoms with Gasteiger partial charge in [0.05, 0.1) is 6.04 Å². The Morgan fingerprint density at radius 1 is 1.00 bits per heavy atom. The molecule has 0 saturated heterocycles. The summed E-state index contributed by atoms with van der Waals surface area (Å²) in [6.45, 7) is 4.11. The predicted molar refractivity (Wildman–Crippen MR) is 90.7 cm³/mol. The zero-order valence-corrected chi connectivity index (χ0v) is 13.4. The third kappa shape index (κ3) is 2.73. The van der Waals surface area contributed by atoms with Crippen molar-refractivity contribution in [2.24, 2.45) is 5.73 Å². The minimum Gasteiger partial charge on any atom is -0.318 e. The first-order chi connectivity index (χ1) is 10.6. The number of benzene rings is 2. The summed E-state index contributed by atoms with van der Waals surface area (Å²) in [7, 11) is 0. The zero-order chi connectivity index (χ0) is 15.7. The minimum atomic E-state index is -0.338. The maximum atomic E-state index is 6.40. The molecule has 0 aliphatic carbocycles. The first-order valence-corrected chi connectivity index (χ1v) is 7.53. The molecule has 1 heterocycles.